The second kappa shape index (κ2) is 14.9. The molecule has 0 spiro atoms. The number of hydroxylamine groups is 2. The Morgan fingerprint density at radius 3 is 1.80 bits per heavy atom. The lowest BCUT2D eigenvalue weighted by Gasteiger charge is -2.52. The van der Waals surface area contributed by atoms with Gasteiger partial charge in [0.05, 0.1) is 6.54 Å². The molecule has 0 radical (unpaired) electrons. The number of rotatable bonds is 14. The summed E-state index contributed by atoms with van der Waals surface area (Å²) in [6.07, 6.45) is -0.484. The zero-order valence-electron chi connectivity index (χ0n) is 26.8. The number of amides is 2. The molecule has 10 heteroatoms. The highest BCUT2D eigenvalue weighted by Gasteiger charge is 2.58. The van der Waals surface area contributed by atoms with Crippen LogP contribution in [0.4, 0.5) is 4.79 Å². The number of ether oxygens (including phenoxy) is 2. The number of carbonyl (C=O) groups excluding carboxylic acids is 3. The first-order valence-corrected chi connectivity index (χ1v) is 18.2. The summed E-state index contributed by atoms with van der Waals surface area (Å²) < 4.78 is 17.8. The van der Waals surface area contributed by atoms with Gasteiger partial charge in [-0.15, -0.1) is 0 Å². The Kier molecular flexibility index (Phi) is 11.2. The van der Waals surface area contributed by atoms with Gasteiger partial charge in [-0.05, 0) is 47.7 Å². The standard InChI is InChI=1S/C35H44N2O7Si/c1-34(2,3)45(4,5)44-35(26-37(32(35)39)43-25-29-19-13-8-14-20-29)22-21-30(31(38)41-23-27-15-9-6-10-16-27)36-33(40)42-24-28-17-11-7-12-18-28/h6-20,30H,21-26H2,1-5H3,(H,36,40)/t30-,35-/m0/s1. The van der Waals surface area contributed by atoms with Crippen molar-refractivity contribution in [3.05, 3.63) is 108 Å². The number of hydrogen-bond donors (Lipinski definition) is 1. The zero-order valence-corrected chi connectivity index (χ0v) is 27.8. The molecule has 9 nitrogen and oxygen atoms in total. The van der Waals surface area contributed by atoms with Crippen molar-refractivity contribution in [1.82, 2.24) is 10.4 Å². The van der Waals surface area contributed by atoms with Gasteiger partial charge in [-0.2, -0.15) is 0 Å². The average Bonchev–Trinajstić information content (AvgIpc) is 3.03. The quantitative estimate of drug-likeness (QED) is 0.122. The van der Waals surface area contributed by atoms with Gasteiger partial charge in [-0.3, -0.25) is 9.63 Å². The first-order valence-electron chi connectivity index (χ1n) is 15.3. The fraction of sp³-hybridized carbons (Fsp3) is 0.400. The van der Waals surface area contributed by atoms with Crippen LogP contribution in [0.25, 0.3) is 0 Å². The Labute approximate surface area is 266 Å². The van der Waals surface area contributed by atoms with Gasteiger partial charge in [0.1, 0.15) is 25.9 Å². The van der Waals surface area contributed by atoms with Crippen molar-refractivity contribution in [2.45, 2.75) is 83.2 Å². The summed E-state index contributed by atoms with van der Waals surface area (Å²) >= 11 is 0. The van der Waals surface area contributed by atoms with Crippen LogP contribution in [-0.4, -0.2) is 49.5 Å². The third-order valence-electron chi connectivity index (χ3n) is 8.35. The lowest BCUT2D eigenvalue weighted by atomic mass is 9.88. The third-order valence-corrected chi connectivity index (χ3v) is 12.9. The third kappa shape index (κ3) is 9.26. The highest BCUT2D eigenvalue weighted by atomic mass is 28.4. The molecule has 2 atom stereocenters. The molecular formula is C35H44N2O7Si. The molecule has 3 aromatic rings. The second-order valence-corrected chi connectivity index (χ2v) is 17.6. The summed E-state index contributed by atoms with van der Waals surface area (Å²) in [5, 5.41) is 3.83. The predicted molar refractivity (Wildman–Crippen MR) is 173 cm³/mol. The Morgan fingerprint density at radius 1 is 0.822 bits per heavy atom. The molecule has 1 fully saturated rings. The van der Waals surface area contributed by atoms with Gasteiger partial charge in [0.2, 0.25) is 0 Å². The largest absolute Gasteiger partial charge is 0.459 e. The molecule has 0 bridgehead atoms. The topological polar surface area (TPSA) is 103 Å². The number of nitrogens with one attached hydrogen (secondary N) is 1. The van der Waals surface area contributed by atoms with Crippen molar-refractivity contribution in [3.8, 4) is 0 Å². The molecule has 1 saturated heterocycles. The van der Waals surface area contributed by atoms with E-state index in [0.29, 0.717) is 0 Å². The van der Waals surface area contributed by atoms with Crippen LogP contribution in [0.3, 0.4) is 0 Å². The number of benzene rings is 3. The molecule has 1 heterocycles. The summed E-state index contributed by atoms with van der Waals surface area (Å²) in [6.45, 7) is 11.0. The maximum Gasteiger partial charge on any atom is 0.408 e. The van der Waals surface area contributed by atoms with Crippen molar-refractivity contribution in [1.29, 1.82) is 0 Å². The normalized spacial score (nSPS) is 17.3. The molecule has 45 heavy (non-hydrogen) atoms. The molecule has 2 amide bonds. The number of β-lactam (4-membered cyclic amide) rings is 1. The van der Waals surface area contributed by atoms with E-state index >= 15 is 0 Å². The summed E-state index contributed by atoms with van der Waals surface area (Å²) in [4.78, 5) is 45.8. The first kappa shape index (κ1) is 33.9. The van der Waals surface area contributed by atoms with Crippen molar-refractivity contribution < 1.29 is 33.1 Å². The summed E-state index contributed by atoms with van der Waals surface area (Å²) in [6, 6.07) is 27.1. The van der Waals surface area contributed by atoms with E-state index < -0.39 is 32.0 Å². The number of nitrogens with zero attached hydrogens (tertiary/aromatic N) is 1. The Morgan fingerprint density at radius 2 is 1.31 bits per heavy atom. The Hall–Kier alpha value is -3.99. The fourth-order valence-electron chi connectivity index (χ4n) is 4.66. The lowest BCUT2D eigenvalue weighted by Crippen LogP contribution is -2.71. The maximum absolute atomic E-state index is 13.8. The van der Waals surface area contributed by atoms with E-state index in [1.165, 1.54) is 5.06 Å². The summed E-state index contributed by atoms with van der Waals surface area (Å²) in [7, 11) is -2.44. The first-order chi connectivity index (χ1) is 21.4. The molecule has 3 aromatic carbocycles. The molecule has 1 aliphatic rings. The summed E-state index contributed by atoms with van der Waals surface area (Å²) in [5.74, 6) is -0.923. The second-order valence-electron chi connectivity index (χ2n) is 12.8. The van der Waals surface area contributed by atoms with Gasteiger partial charge >= 0.3 is 12.1 Å². The van der Waals surface area contributed by atoms with Crippen molar-refractivity contribution >= 4 is 26.3 Å². The lowest BCUT2D eigenvalue weighted by molar-refractivity contribution is -0.255. The van der Waals surface area contributed by atoms with Crippen molar-refractivity contribution in [3.63, 3.8) is 0 Å². The number of carbonyl (C=O) groups is 3. The molecule has 1 N–H and O–H groups in total. The van der Waals surface area contributed by atoms with E-state index in [1.54, 1.807) is 0 Å². The molecule has 0 aliphatic carbocycles. The van der Waals surface area contributed by atoms with Crippen molar-refractivity contribution in [2.75, 3.05) is 6.54 Å². The predicted octanol–water partition coefficient (Wildman–Crippen LogP) is 6.54. The molecule has 0 aromatic heterocycles. The van der Waals surface area contributed by atoms with Gasteiger partial charge in [-0.1, -0.05) is 112 Å². The molecule has 240 valence electrons. The molecular weight excluding hydrogens is 588 g/mol. The van der Waals surface area contributed by atoms with Crippen LogP contribution in [0, 0.1) is 0 Å². The van der Waals surface area contributed by atoms with Gasteiger partial charge in [-0.25, -0.2) is 14.7 Å². The number of esters is 1. The molecule has 0 saturated carbocycles. The van der Waals surface area contributed by atoms with E-state index in [0.717, 1.165) is 16.7 Å². The van der Waals surface area contributed by atoms with E-state index in [2.05, 4.69) is 39.2 Å². The minimum Gasteiger partial charge on any atom is -0.459 e. The maximum atomic E-state index is 13.8. The van der Waals surface area contributed by atoms with Gasteiger partial charge in [0.25, 0.3) is 5.91 Å². The van der Waals surface area contributed by atoms with Crippen LogP contribution in [0.15, 0.2) is 91.0 Å². The van der Waals surface area contributed by atoms with Crippen LogP contribution in [0.2, 0.25) is 18.1 Å². The Bertz CT molecular complexity index is 1410. The fourth-order valence-corrected chi connectivity index (χ4v) is 6.19. The summed E-state index contributed by atoms with van der Waals surface area (Å²) in [5.41, 5.74) is 1.36. The van der Waals surface area contributed by atoms with Gasteiger partial charge in [0.15, 0.2) is 13.9 Å². The molecule has 0 unspecified atom stereocenters. The SMILES string of the molecule is CC(C)(C)[Si](C)(C)O[C@@]1(CC[C@H](NC(=O)OCc2ccccc2)C(=O)OCc2ccccc2)CN(OCc2ccccc2)C1=O. The van der Waals surface area contributed by atoms with Gasteiger partial charge < -0.3 is 19.2 Å². The van der Waals surface area contributed by atoms with Crippen LogP contribution >= 0.6 is 0 Å². The smallest absolute Gasteiger partial charge is 0.408 e. The minimum atomic E-state index is -2.44. The molecule has 1 aliphatic heterocycles. The minimum absolute atomic E-state index is 0.0442. The van der Waals surface area contributed by atoms with E-state index in [-0.39, 0.29) is 50.2 Å². The van der Waals surface area contributed by atoms with Crippen LogP contribution in [0.1, 0.15) is 50.3 Å². The zero-order chi connectivity index (χ0) is 32.5. The number of alkyl carbamates (subject to hydrolysis) is 1. The van der Waals surface area contributed by atoms with Crippen LogP contribution in [-0.2, 0) is 48.1 Å². The van der Waals surface area contributed by atoms with Crippen LogP contribution in [0.5, 0.6) is 0 Å². The highest BCUT2D eigenvalue weighted by molar-refractivity contribution is 6.74. The van der Waals surface area contributed by atoms with Crippen LogP contribution < -0.4 is 5.32 Å². The average molecular weight is 633 g/mol. The van der Waals surface area contributed by atoms with E-state index in [9.17, 15) is 14.4 Å². The monoisotopic (exact) mass is 632 g/mol. The van der Waals surface area contributed by atoms with Crippen molar-refractivity contribution in [2.24, 2.45) is 0 Å². The van der Waals surface area contributed by atoms with Gasteiger partial charge in [0, 0.05) is 0 Å². The molecule has 4 rings (SSSR count). The Balaban J connectivity index is 1.48. The highest BCUT2D eigenvalue weighted by Crippen LogP contribution is 2.44. The van der Waals surface area contributed by atoms with E-state index in [4.69, 9.17) is 18.7 Å². The van der Waals surface area contributed by atoms with E-state index in [1.807, 2.05) is 91.0 Å². The number of hydrogen-bond acceptors (Lipinski definition) is 7.